The molecule has 2 rings (SSSR count). The number of nitrogen functional groups attached to an aromatic ring is 1. The minimum absolute atomic E-state index is 0.220. The Morgan fingerprint density at radius 1 is 1.33 bits per heavy atom. The molecule has 1 heterocycles. The van der Waals surface area contributed by atoms with Crippen LogP contribution in [0.4, 0.5) is 11.6 Å². The number of nitriles is 1. The van der Waals surface area contributed by atoms with Crippen LogP contribution in [-0.4, -0.2) is 30.8 Å². The van der Waals surface area contributed by atoms with Gasteiger partial charge in [0.05, 0.1) is 18.7 Å². The predicted molar refractivity (Wildman–Crippen MR) is 93.9 cm³/mol. The molecular weight excluding hydrogens is 304 g/mol. The van der Waals surface area contributed by atoms with Gasteiger partial charge in [0.1, 0.15) is 29.6 Å². The molecule has 6 heteroatoms. The van der Waals surface area contributed by atoms with Gasteiger partial charge in [0.15, 0.2) is 0 Å². The van der Waals surface area contributed by atoms with Crippen molar-refractivity contribution in [3.8, 4) is 11.8 Å². The fraction of sp³-hybridized carbons (Fsp3) is 0.333. The van der Waals surface area contributed by atoms with Crippen molar-refractivity contribution in [2.75, 3.05) is 30.8 Å². The number of pyridine rings is 1. The monoisotopic (exact) mass is 326 g/mol. The van der Waals surface area contributed by atoms with Gasteiger partial charge in [-0.1, -0.05) is 18.2 Å². The van der Waals surface area contributed by atoms with E-state index in [2.05, 4.69) is 16.4 Å². The lowest BCUT2D eigenvalue weighted by Crippen LogP contribution is -2.31. The highest BCUT2D eigenvalue weighted by atomic mass is 16.5. The molecule has 1 unspecified atom stereocenters. The second kappa shape index (κ2) is 8.75. The van der Waals surface area contributed by atoms with Crippen LogP contribution in [0.25, 0.3) is 0 Å². The maximum Gasteiger partial charge on any atom is 0.146 e. The number of benzene rings is 1. The zero-order valence-corrected chi connectivity index (χ0v) is 14.0. The maximum absolute atomic E-state index is 9.31. The fourth-order valence-electron chi connectivity index (χ4n) is 2.25. The van der Waals surface area contributed by atoms with Crippen molar-refractivity contribution in [3.05, 3.63) is 47.5 Å². The van der Waals surface area contributed by atoms with Crippen LogP contribution in [0.15, 0.2) is 36.4 Å². The average molecular weight is 326 g/mol. The summed E-state index contributed by atoms with van der Waals surface area (Å²) in [4.78, 5) is 4.21. The second-order valence-corrected chi connectivity index (χ2v) is 5.29. The molecule has 0 saturated heterocycles. The number of aryl methyl sites for hydroxylation is 1. The topological polar surface area (TPSA) is 93.2 Å². The van der Waals surface area contributed by atoms with Crippen molar-refractivity contribution in [2.24, 2.45) is 0 Å². The average Bonchev–Trinajstić information content (AvgIpc) is 2.57. The Balaban J connectivity index is 2.09. The van der Waals surface area contributed by atoms with E-state index in [1.54, 1.807) is 6.07 Å². The van der Waals surface area contributed by atoms with Gasteiger partial charge in [-0.2, -0.15) is 5.26 Å². The van der Waals surface area contributed by atoms with Crippen molar-refractivity contribution in [1.29, 1.82) is 5.26 Å². The summed E-state index contributed by atoms with van der Waals surface area (Å²) in [7, 11) is 0. The first-order valence-electron chi connectivity index (χ1n) is 7.84. The van der Waals surface area contributed by atoms with Crippen LogP contribution in [0.1, 0.15) is 18.1 Å². The molecule has 0 aliphatic rings. The highest BCUT2D eigenvalue weighted by molar-refractivity contribution is 5.59. The molecule has 3 N–H and O–H groups in total. The zero-order chi connectivity index (χ0) is 17.4. The third kappa shape index (κ3) is 4.86. The van der Waals surface area contributed by atoms with E-state index in [-0.39, 0.29) is 6.10 Å². The molecule has 1 aromatic carbocycles. The second-order valence-electron chi connectivity index (χ2n) is 5.29. The van der Waals surface area contributed by atoms with Crippen molar-refractivity contribution in [1.82, 2.24) is 4.98 Å². The Labute approximate surface area is 142 Å². The van der Waals surface area contributed by atoms with Crippen LogP contribution >= 0.6 is 0 Å². The van der Waals surface area contributed by atoms with E-state index in [9.17, 15) is 5.26 Å². The standard InChI is InChI=1S/C18H22N4O2/c1-3-23-12-15(24-14-7-5-4-6-8-14)11-21-18-16(10-19)13(2)9-17(20)22-18/h4-9,15H,3,11-12H2,1-2H3,(H3,20,21,22). The molecule has 1 atom stereocenters. The summed E-state index contributed by atoms with van der Waals surface area (Å²) < 4.78 is 11.4. The van der Waals surface area contributed by atoms with Crippen molar-refractivity contribution in [2.45, 2.75) is 20.0 Å². The number of nitrogens with one attached hydrogen (secondary N) is 1. The highest BCUT2D eigenvalue weighted by Gasteiger charge is 2.14. The van der Waals surface area contributed by atoms with Crippen LogP contribution in [0.3, 0.4) is 0 Å². The van der Waals surface area contributed by atoms with Crippen LogP contribution in [0.5, 0.6) is 5.75 Å². The molecule has 0 aliphatic heterocycles. The molecule has 0 saturated carbocycles. The number of para-hydroxylation sites is 1. The van der Waals surface area contributed by atoms with Crippen molar-refractivity contribution >= 4 is 11.6 Å². The quantitative estimate of drug-likeness (QED) is 0.775. The van der Waals surface area contributed by atoms with E-state index in [0.717, 1.165) is 11.3 Å². The lowest BCUT2D eigenvalue weighted by Gasteiger charge is -2.20. The molecule has 0 spiro atoms. The molecule has 0 radical (unpaired) electrons. The van der Waals surface area contributed by atoms with E-state index in [0.29, 0.717) is 37.0 Å². The van der Waals surface area contributed by atoms with Gasteiger partial charge in [-0.15, -0.1) is 0 Å². The maximum atomic E-state index is 9.31. The summed E-state index contributed by atoms with van der Waals surface area (Å²) in [5.41, 5.74) is 7.05. The summed E-state index contributed by atoms with van der Waals surface area (Å²) in [5, 5.41) is 12.5. The van der Waals surface area contributed by atoms with Crippen LogP contribution < -0.4 is 15.8 Å². The first-order chi connectivity index (χ1) is 11.6. The van der Waals surface area contributed by atoms with Gasteiger partial charge in [0.2, 0.25) is 0 Å². The first kappa shape index (κ1) is 17.6. The number of nitrogens with two attached hydrogens (primary N) is 1. The number of rotatable bonds is 8. The summed E-state index contributed by atoms with van der Waals surface area (Å²) in [6.45, 7) is 5.25. The van der Waals surface area contributed by atoms with Crippen LogP contribution in [0.2, 0.25) is 0 Å². The predicted octanol–water partition coefficient (Wildman–Crippen LogP) is 2.74. The van der Waals surface area contributed by atoms with E-state index in [1.165, 1.54) is 0 Å². The van der Waals surface area contributed by atoms with Gasteiger partial charge < -0.3 is 20.5 Å². The smallest absolute Gasteiger partial charge is 0.146 e. The zero-order valence-electron chi connectivity index (χ0n) is 14.0. The van der Waals surface area contributed by atoms with Crippen LogP contribution in [-0.2, 0) is 4.74 Å². The van der Waals surface area contributed by atoms with Gasteiger partial charge >= 0.3 is 0 Å². The fourth-order valence-corrected chi connectivity index (χ4v) is 2.25. The molecule has 126 valence electrons. The number of nitrogens with zero attached hydrogens (tertiary/aromatic N) is 2. The summed E-state index contributed by atoms with van der Waals surface area (Å²) in [5.74, 6) is 1.61. The minimum Gasteiger partial charge on any atom is -0.486 e. The Morgan fingerprint density at radius 3 is 2.75 bits per heavy atom. The summed E-state index contributed by atoms with van der Waals surface area (Å²) in [6.07, 6.45) is -0.220. The number of aromatic nitrogens is 1. The molecule has 1 aromatic heterocycles. The van der Waals surface area contributed by atoms with Gasteiger partial charge in [0, 0.05) is 6.61 Å². The SMILES string of the molecule is CCOCC(CNc1nc(N)cc(C)c1C#N)Oc1ccccc1. The molecule has 0 amide bonds. The molecule has 0 fully saturated rings. The molecule has 2 aromatic rings. The van der Waals surface area contributed by atoms with E-state index < -0.39 is 0 Å². The van der Waals surface area contributed by atoms with Gasteiger partial charge in [-0.05, 0) is 37.6 Å². The highest BCUT2D eigenvalue weighted by Crippen LogP contribution is 2.19. The number of ether oxygens (including phenoxy) is 2. The number of hydrogen-bond acceptors (Lipinski definition) is 6. The summed E-state index contributed by atoms with van der Waals surface area (Å²) >= 11 is 0. The van der Waals surface area contributed by atoms with Crippen molar-refractivity contribution < 1.29 is 9.47 Å². The molecule has 0 bridgehead atoms. The Bertz CT molecular complexity index is 698. The normalized spacial score (nSPS) is 11.5. The molecule has 0 aliphatic carbocycles. The Morgan fingerprint density at radius 2 is 2.08 bits per heavy atom. The molecule has 24 heavy (non-hydrogen) atoms. The van der Waals surface area contributed by atoms with Crippen molar-refractivity contribution in [3.63, 3.8) is 0 Å². The lowest BCUT2D eigenvalue weighted by molar-refractivity contribution is 0.0628. The first-order valence-corrected chi connectivity index (χ1v) is 7.84. The van der Waals surface area contributed by atoms with E-state index >= 15 is 0 Å². The lowest BCUT2D eigenvalue weighted by atomic mass is 10.1. The van der Waals surface area contributed by atoms with Gasteiger partial charge in [0.25, 0.3) is 0 Å². The number of anilines is 2. The Kier molecular flexibility index (Phi) is 6.41. The Hall–Kier alpha value is -2.78. The summed E-state index contributed by atoms with van der Waals surface area (Å²) in [6, 6.07) is 13.4. The molecule has 6 nitrogen and oxygen atoms in total. The third-order valence-corrected chi connectivity index (χ3v) is 3.40. The number of hydrogen-bond donors (Lipinski definition) is 2. The minimum atomic E-state index is -0.220. The van der Waals surface area contributed by atoms with Gasteiger partial charge in [-0.25, -0.2) is 4.98 Å². The van der Waals surface area contributed by atoms with Crippen LogP contribution in [0, 0.1) is 18.3 Å². The largest absolute Gasteiger partial charge is 0.486 e. The van der Waals surface area contributed by atoms with E-state index in [4.69, 9.17) is 15.2 Å². The third-order valence-electron chi connectivity index (χ3n) is 3.40. The van der Waals surface area contributed by atoms with Gasteiger partial charge in [-0.3, -0.25) is 0 Å². The molecular formula is C18H22N4O2. The van der Waals surface area contributed by atoms with E-state index in [1.807, 2.05) is 44.2 Å².